The Hall–Kier alpha value is -1.26. The summed E-state index contributed by atoms with van der Waals surface area (Å²) in [6.07, 6.45) is 0. The highest BCUT2D eigenvalue weighted by Gasteiger charge is 2.14. The highest BCUT2D eigenvalue weighted by Crippen LogP contribution is 2.22. The zero-order valence-corrected chi connectivity index (χ0v) is 13.0. The van der Waals surface area contributed by atoms with Crippen LogP contribution in [0.5, 0.6) is 5.75 Å². The van der Waals surface area contributed by atoms with Gasteiger partial charge in [0.2, 0.25) is 0 Å². The summed E-state index contributed by atoms with van der Waals surface area (Å²) >= 11 is 6.01. The molecule has 0 atom stereocenters. The van der Waals surface area contributed by atoms with Crippen LogP contribution in [0.25, 0.3) is 0 Å². The average molecular weight is 300 g/mol. The Balaban J connectivity index is 2.43. The van der Waals surface area contributed by atoms with E-state index in [2.05, 4.69) is 0 Å². The number of hydrogen-bond donors (Lipinski definition) is 0. The summed E-state index contributed by atoms with van der Waals surface area (Å²) < 4.78 is 10.6. The lowest BCUT2D eigenvalue weighted by molar-refractivity contribution is -0.145. The van der Waals surface area contributed by atoms with Crippen LogP contribution in [-0.4, -0.2) is 43.2 Å². The van der Waals surface area contributed by atoms with E-state index in [-0.39, 0.29) is 18.6 Å². The summed E-state index contributed by atoms with van der Waals surface area (Å²) in [5.74, 6) is 0.452. The Morgan fingerprint density at radius 1 is 1.35 bits per heavy atom. The van der Waals surface area contributed by atoms with Crippen molar-refractivity contribution in [1.29, 1.82) is 0 Å². The smallest absolute Gasteiger partial charge is 0.320 e. The summed E-state index contributed by atoms with van der Waals surface area (Å²) in [6, 6.07) is 7.59. The molecule has 0 bridgehead atoms. The predicted molar refractivity (Wildman–Crippen MR) is 80.3 cm³/mol. The van der Waals surface area contributed by atoms with E-state index in [0.717, 1.165) is 0 Å². The lowest BCUT2D eigenvalue weighted by Gasteiger charge is -2.25. The molecule has 4 nitrogen and oxygen atoms in total. The van der Waals surface area contributed by atoms with E-state index < -0.39 is 0 Å². The summed E-state index contributed by atoms with van der Waals surface area (Å²) in [7, 11) is 0. The summed E-state index contributed by atoms with van der Waals surface area (Å²) in [6.45, 7) is 7.67. The average Bonchev–Trinajstić information content (AvgIpc) is 2.40. The minimum absolute atomic E-state index is 0.209. The largest absolute Gasteiger partial charge is 0.491 e. The van der Waals surface area contributed by atoms with Crippen LogP contribution in [-0.2, 0) is 9.53 Å². The molecule has 0 saturated carbocycles. The predicted octanol–water partition coefficient (Wildman–Crippen LogP) is 2.99. The first-order chi connectivity index (χ1) is 9.54. The van der Waals surface area contributed by atoms with E-state index in [0.29, 0.717) is 30.5 Å². The van der Waals surface area contributed by atoms with E-state index in [1.54, 1.807) is 13.0 Å². The molecule has 5 heteroatoms. The molecule has 0 aromatic heterocycles. The maximum absolute atomic E-state index is 11.5. The van der Waals surface area contributed by atoms with Gasteiger partial charge in [-0.25, -0.2) is 0 Å². The highest BCUT2D eigenvalue weighted by molar-refractivity contribution is 6.32. The van der Waals surface area contributed by atoms with E-state index >= 15 is 0 Å². The maximum Gasteiger partial charge on any atom is 0.320 e. The Bertz CT molecular complexity index is 423. The Labute approximate surface area is 125 Å². The molecule has 0 aliphatic heterocycles. The van der Waals surface area contributed by atoms with Gasteiger partial charge >= 0.3 is 5.97 Å². The molecule has 0 aliphatic rings. The van der Waals surface area contributed by atoms with Gasteiger partial charge in [-0.1, -0.05) is 23.7 Å². The molecule has 20 heavy (non-hydrogen) atoms. The fourth-order valence-electron chi connectivity index (χ4n) is 1.73. The van der Waals surface area contributed by atoms with Crippen LogP contribution in [0.4, 0.5) is 0 Å². The third kappa shape index (κ3) is 5.80. The second kappa shape index (κ2) is 8.82. The van der Waals surface area contributed by atoms with Gasteiger partial charge in [0.25, 0.3) is 0 Å². The van der Waals surface area contributed by atoms with Crippen LogP contribution >= 0.6 is 11.6 Å². The molecule has 0 saturated heterocycles. The van der Waals surface area contributed by atoms with Crippen molar-refractivity contribution in [1.82, 2.24) is 4.90 Å². The number of para-hydroxylation sites is 1. The molecule has 0 fully saturated rings. The van der Waals surface area contributed by atoms with Crippen LogP contribution in [0.1, 0.15) is 20.8 Å². The number of rotatable bonds is 8. The van der Waals surface area contributed by atoms with Crippen molar-refractivity contribution >= 4 is 17.6 Å². The number of esters is 1. The standard InChI is InChI=1S/C15H22ClNO3/c1-4-19-15(18)11-17(12(2)3)9-10-20-14-8-6-5-7-13(14)16/h5-8,12H,4,9-11H2,1-3H3. The number of benzene rings is 1. The lowest BCUT2D eigenvalue weighted by atomic mass is 10.3. The zero-order chi connectivity index (χ0) is 15.0. The molecule has 0 amide bonds. The fourth-order valence-corrected chi connectivity index (χ4v) is 1.92. The molecule has 0 radical (unpaired) electrons. The third-order valence-electron chi connectivity index (χ3n) is 2.84. The minimum atomic E-state index is -0.209. The van der Waals surface area contributed by atoms with Crippen molar-refractivity contribution in [2.75, 3.05) is 26.3 Å². The van der Waals surface area contributed by atoms with Crippen LogP contribution in [0, 0.1) is 0 Å². The Morgan fingerprint density at radius 3 is 2.65 bits per heavy atom. The van der Waals surface area contributed by atoms with Crippen molar-refractivity contribution < 1.29 is 14.3 Å². The number of hydrogen-bond acceptors (Lipinski definition) is 4. The topological polar surface area (TPSA) is 38.8 Å². The van der Waals surface area contributed by atoms with Gasteiger partial charge in [-0.15, -0.1) is 0 Å². The van der Waals surface area contributed by atoms with Gasteiger partial charge in [0.05, 0.1) is 18.2 Å². The van der Waals surface area contributed by atoms with Gasteiger partial charge in [-0.2, -0.15) is 0 Å². The van der Waals surface area contributed by atoms with Gasteiger partial charge in [-0.3, -0.25) is 9.69 Å². The summed E-state index contributed by atoms with van der Waals surface area (Å²) in [5.41, 5.74) is 0. The molecule has 0 heterocycles. The second-order valence-corrected chi connectivity index (χ2v) is 5.06. The molecule has 0 N–H and O–H groups in total. The first-order valence-electron chi connectivity index (χ1n) is 6.81. The third-order valence-corrected chi connectivity index (χ3v) is 3.15. The second-order valence-electron chi connectivity index (χ2n) is 4.65. The molecule has 0 spiro atoms. The molecule has 1 aromatic rings. The number of halogens is 1. The fraction of sp³-hybridized carbons (Fsp3) is 0.533. The zero-order valence-electron chi connectivity index (χ0n) is 12.3. The molecular weight excluding hydrogens is 278 g/mol. The van der Waals surface area contributed by atoms with Crippen molar-refractivity contribution in [2.45, 2.75) is 26.8 Å². The first-order valence-corrected chi connectivity index (χ1v) is 7.19. The van der Waals surface area contributed by atoms with Gasteiger partial charge in [0.15, 0.2) is 0 Å². The maximum atomic E-state index is 11.5. The van der Waals surface area contributed by atoms with Crippen molar-refractivity contribution in [2.24, 2.45) is 0 Å². The lowest BCUT2D eigenvalue weighted by Crippen LogP contribution is -2.39. The quantitative estimate of drug-likeness (QED) is 0.692. The van der Waals surface area contributed by atoms with Crippen LogP contribution < -0.4 is 4.74 Å². The summed E-state index contributed by atoms with van der Waals surface area (Å²) in [5, 5.41) is 0.592. The van der Waals surface area contributed by atoms with E-state index in [9.17, 15) is 4.79 Å². The van der Waals surface area contributed by atoms with E-state index in [1.165, 1.54) is 0 Å². The van der Waals surface area contributed by atoms with E-state index in [1.807, 2.05) is 36.9 Å². The van der Waals surface area contributed by atoms with Gasteiger partial charge in [0, 0.05) is 12.6 Å². The van der Waals surface area contributed by atoms with Gasteiger partial charge in [-0.05, 0) is 32.9 Å². The van der Waals surface area contributed by atoms with Crippen LogP contribution in [0.2, 0.25) is 5.02 Å². The van der Waals surface area contributed by atoms with Gasteiger partial charge < -0.3 is 9.47 Å². The molecule has 0 unspecified atom stereocenters. The monoisotopic (exact) mass is 299 g/mol. The van der Waals surface area contributed by atoms with Gasteiger partial charge in [0.1, 0.15) is 12.4 Å². The van der Waals surface area contributed by atoms with Crippen LogP contribution in [0.3, 0.4) is 0 Å². The number of carbonyl (C=O) groups excluding carboxylic acids is 1. The Kier molecular flexibility index (Phi) is 7.41. The normalized spacial score (nSPS) is 10.9. The number of carbonyl (C=O) groups is 1. The Morgan fingerprint density at radius 2 is 2.05 bits per heavy atom. The van der Waals surface area contributed by atoms with Crippen molar-refractivity contribution in [3.8, 4) is 5.75 Å². The SMILES string of the molecule is CCOC(=O)CN(CCOc1ccccc1Cl)C(C)C. The highest BCUT2D eigenvalue weighted by atomic mass is 35.5. The van der Waals surface area contributed by atoms with Crippen LogP contribution in [0.15, 0.2) is 24.3 Å². The molecule has 1 aromatic carbocycles. The van der Waals surface area contributed by atoms with E-state index in [4.69, 9.17) is 21.1 Å². The minimum Gasteiger partial charge on any atom is -0.491 e. The number of ether oxygens (including phenoxy) is 2. The van der Waals surface area contributed by atoms with Crippen molar-refractivity contribution in [3.05, 3.63) is 29.3 Å². The molecule has 0 aliphatic carbocycles. The molecule has 1 rings (SSSR count). The summed E-state index contributed by atoms with van der Waals surface area (Å²) in [4.78, 5) is 13.5. The molecule has 112 valence electrons. The number of nitrogens with zero attached hydrogens (tertiary/aromatic N) is 1. The first kappa shape index (κ1) is 16.8. The molecular formula is C15H22ClNO3. The van der Waals surface area contributed by atoms with Crippen molar-refractivity contribution in [3.63, 3.8) is 0 Å².